The summed E-state index contributed by atoms with van der Waals surface area (Å²) in [4.78, 5) is 24.5. The molecular formula is C21H26ClN3O6S. The van der Waals surface area contributed by atoms with Crippen LogP contribution >= 0.6 is 11.6 Å². The van der Waals surface area contributed by atoms with Crippen LogP contribution in [0.5, 0.6) is 0 Å². The lowest BCUT2D eigenvalue weighted by Crippen LogP contribution is -2.33. The number of methoxy groups -OCH3 is 1. The number of sulfonamides is 1. The number of ether oxygens (including phenoxy) is 2. The smallest absolute Gasteiger partial charge is 0.411 e. The third-order valence-electron chi connectivity index (χ3n) is 4.47. The van der Waals surface area contributed by atoms with E-state index in [1.165, 1.54) is 42.7 Å². The molecule has 0 aliphatic rings. The SMILES string of the molecule is COCCOC(=O)Nc1cccc(NC(=O)c2cc(S(=O)(=O)N(C)C(C)C)ccc2Cl)c1. The number of benzene rings is 2. The summed E-state index contributed by atoms with van der Waals surface area (Å²) in [7, 11) is -0.831. The molecular weight excluding hydrogens is 458 g/mol. The van der Waals surface area contributed by atoms with Gasteiger partial charge in [0.25, 0.3) is 5.91 Å². The van der Waals surface area contributed by atoms with Crippen LogP contribution in [0.2, 0.25) is 5.02 Å². The summed E-state index contributed by atoms with van der Waals surface area (Å²) in [5, 5.41) is 5.29. The van der Waals surface area contributed by atoms with Crippen LogP contribution < -0.4 is 10.6 Å². The predicted molar refractivity (Wildman–Crippen MR) is 123 cm³/mol. The fourth-order valence-corrected chi connectivity index (χ4v) is 4.13. The van der Waals surface area contributed by atoms with Gasteiger partial charge in [-0.1, -0.05) is 17.7 Å². The van der Waals surface area contributed by atoms with Crippen LogP contribution in [0.15, 0.2) is 47.4 Å². The van der Waals surface area contributed by atoms with Crippen LogP contribution in [0.3, 0.4) is 0 Å². The molecule has 0 bridgehead atoms. The summed E-state index contributed by atoms with van der Waals surface area (Å²) < 4.78 is 36.4. The molecule has 0 unspecified atom stereocenters. The zero-order valence-corrected chi connectivity index (χ0v) is 19.8. The number of rotatable bonds is 9. The Kier molecular flexibility index (Phi) is 9.02. The minimum atomic E-state index is -3.79. The lowest BCUT2D eigenvalue weighted by atomic mass is 10.2. The summed E-state index contributed by atoms with van der Waals surface area (Å²) in [6, 6.07) is 10.1. The van der Waals surface area contributed by atoms with Crippen LogP contribution in [-0.4, -0.2) is 58.1 Å². The van der Waals surface area contributed by atoms with E-state index in [1.807, 2.05) is 0 Å². The Morgan fingerprint density at radius 2 is 1.72 bits per heavy atom. The van der Waals surface area contributed by atoms with Gasteiger partial charge in [0, 0.05) is 31.6 Å². The van der Waals surface area contributed by atoms with Gasteiger partial charge in [0.2, 0.25) is 10.0 Å². The highest BCUT2D eigenvalue weighted by Gasteiger charge is 2.25. The van der Waals surface area contributed by atoms with Gasteiger partial charge >= 0.3 is 6.09 Å². The number of carbonyl (C=O) groups excluding carboxylic acids is 2. The normalized spacial score (nSPS) is 11.5. The standard InChI is InChI=1S/C21H26ClN3O6S/c1-14(2)25(3)32(28,29)17-8-9-19(22)18(13-17)20(26)23-15-6-5-7-16(12-15)24-21(27)31-11-10-30-4/h5-9,12-14H,10-11H2,1-4H3,(H,23,26)(H,24,27). The molecule has 2 N–H and O–H groups in total. The molecule has 0 spiro atoms. The van der Waals surface area contributed by atoms with Gasteiger partial charge in [-0.2, -0.15) is 4.31 Å². The van der Waals surface area contributed by atoms with E-state index in [9.17, 15) is 18.0 Å². The molecule has 0 saturated carbocycles. The van der Waals surface area contributed by atoms with E-state index in [0.717, 1.165) is 0 Å². The lowest BCUT2D eigenvalue weighted by molar-refractivity contribution is 0.102. The van der Waals surface area contributed by atoms with Crippen LogP contribution in [-0.2, 0) is 19.5 Å². The molecule has 2 rings (SSSR count). The maximum absolute atomic E-state index is 12.8. The first-order chi connectivity index (χ1) is 15.1. The van der Waals surface area contributed by atoms with Gasteiger partial charge in [-0.25, -0.2) is 13.2 Å². The van der Waals surface area contributed by atoms with Crippen LogP contribution in [0.25, 0.3) is 0 Å². The summed E-state index contributed by atoms with van der Waals surface area (Å²) >= 11 is 6.16. The third-order valence-corrected chi connectivity index (χ3v) is 6.83. The van der Waals surface area contributed by atoms with Gasteiger partial charge < -0.3 is 14.8 Å². The number of carbonyl (C=O) groups is 2. The van der Waals surface area contributed by atoms with Gasteiger partial charge in [-0.3, -0.25) is 10.1 Å². The second-order valence-electron chi connectivity index (χ2n) is 7.05. The fourth-order valence-electron chi connectivity index (χ4n) is 2.53. The number of hydrogen-bond donors (Lipinski definition) is 2. The van der Waals surface area contributed by atoms with Gasteiger partial charge in [-0.15, -0.1) is 0 Å². The summed E-state index contributed by atoms with van der Waals surface area (Å²) in [6.45, 7) is 3.86. The Balaban J connectivity index is 2.19. The quantitative estimate of drug-likeness (QED) is 0.524. The molecule has 11 heteroatoms. The number of anilines is 2. The van der Waals surface area contributed by atoms with E-state index in [1.54, 1.807) is 32.0 Å². The fraction of sp³-hybridized carbons (Fsp3) is 0.333. The molecule has 9 nitrogen and oxygen atoms in total. The van der Waals surface area contributed by atoms with E-state index in [2.05, 4.69) is 10.6 Å². The Morgan fingerprint density at radius 1 is 1.06 bits per heavy atom. The highest BCUT2D eigenvalue weighted by molar-refractivity contribution is 7.89. The number of nitrogens with zero attached hydrogens (tertiary/aromatic N) is 1. The minimum absolute atomic E-state index is 0.00207. The van der Waals surface area contributed by atoms with Crippen molar-refractivity contribution in [1.29, 1.82) is 0 Å². The molecule has 0 atom stereocenters. The highest BCUT2D eigenvalue weighted by Crippen LogP contribution is 2.25. The van der Waals surface area contributed by atoms with Crippen LogP contribution in [0.1, 0.15) is 24.2 Å². The van der Waals surface area contributed by atoms with E-state index in [4.69, 9.17) is 21.1 Å². The summed E-state index contributed by atoms with van der Waals surface area (Å²) in [5.41, 5.74) is 0.766. The summed E-state index contributed by atoms with van der Waals surface area (Å²) in [5.74, 6) is -0.598. The van der Waals surface area contributed by atoms with Crippen LogP contribution in [0, 0.1) is 0 Å². The molecule has 32 heavy (non-hydrogen) atoms. The van der Waals surface area contributed by atoms with Crippen molar-refractivity contribution in [2.24, 2.45) is 0 Å². The first-order valence-corrected chi connectivity index (χ1v) is 11.5. The zero-order valence-electron chi connectivity index (χ0n) is 18.2. The lowest BCUT2D eigenvalue weighted by Gasteiger charge is -2.21. The average molecular weight is 484 g/mol. The van der Waals surface area contributed by atoms with Crippen molar-refractivity contribution >= 4 is 45.0 Å². The van der Waals surface area contributed by atoms with E-state index < -0.39 is 22.0 Å². The minimum Gasteiger partial charge on any atom is -0.447 e. The van der Waals surface area contributed by atoms with Crippen molar-refractivity contribution in [1.82, 2.24) is 4.31 Å². The second kappa shape index (κ2) is 11.3. The maximum Gasteiger partial charge on any atom is 0.411 e. The molecule has 0 aromatic heterocycles. The van der Waals surface area contributed by atoms with Crippen molar-refractivity contribution in [2.75, 3.05) is 38.0 Å². The number of hydrogen-bond acceptors (Lipinski definition) is 6. The van der Waals surface area contributed by atoms with Crippen molar-refractivity contribution in [3.05, 3.63) is 53.1 Å². The average Bonchev–Trinajstić information content (AvgIpc) is 2.73. The molecule has 0 fully saturated rings. The second-order valence-corrected chi connectivity index (χ2v) is 9.45. The Hall–Kier alpha value is -2.66. The molecule has 0 radical (unpaired) electrons. The third kappa shape index (κ3) is 6.67. The van der Waals surface area contributed by atoms with Gasteiger partial charge in [0.15, 0.2) is 0 Å². The molecule has 2 aromatic carbocycles. The van der Waals surface area contributed by atoms with E-state index in [0.29, 0.717) is 11.4 Å². The van der Waals surface area contributed by atoms with E-state index >= 15 is 0 Å². The Morgan fingerprint density at radius 3 is 2.34 bits per heavy atom. The first-order valence-electron chi connectivity index (χ1n) is 9.68. The Labute approximate surface area is 192 Å². The predicted octanol–water partition coefficient (Wildman–Crippen LogP) is 3.82. The molecule has 0 aliphatic heterocycles. The Bertz CT molecular complexity index is 1070. The highest BCUT2D eigenvalue weighted by atomic mass is 35.5. The number of amides is 2. The van der Waals surface area contributed by atoms with E-state index in [-0.39, 0.29) is 34.7 Å². The molecule has 2 aromatic rings. The molecule has 0 saturated heterocycles. The van der Waals surface area contributed by atoms with Crippen molar-refractivity contribution in [3.8, 4) is 0 Å². The van der Waals surface area contributed by atoms with Crippen molar-refractivity contribution in [3.63, 3.8) is 0 Å². The molecule has 0 heterocycles. The largest absolute Gasteiger partial charge is 0.447 e. The maximum atomic E-state index is 12.8. The van der Waals surface area contributed by atoms with Crippen LogP contribution in [0.4, 0.5) is 16.2 Å². The van der Waals surface area contributed by atoms with Crippen molar-refractivity contribution < 1.29 is 27.5 Å². The monoisotopic (exact) mass is 483 g/mol. The number of nitrogens with one attached hydrogen (secondary N) is 2. The first kappa shape index (κ1) is 25.6. The zero-order chi connectivity index (χ0) is 23.9. The summed E-state index contributed by atoms with van der Waals surface area (Å²) in [6.07, 6.45) is -0.666. The van der Waals surface area contributed by atoms with Gasteiger partial charge in [0.05, 0.1) is 22.1 Å². The number of halogens is 1. The topological polar surface area (TPSA) is 114 Å². The molecule has 0 aliphatic carbocycles. The van der Waals surface area contributed by atoms with Gasteiger partial charge in [0.1, 0.15) is 6.61 Å². The molecule has 174 valence electrons. The van der Waals surface area contributed by atoms with Crippen molar-refractivity contribution in [2.45, 2.75) is 24.8 Å². The molecule has 2 amide bonds. The van der Waals surface area contributed by atoms with Gasteiger partial charge in [-0.05, 0) is 50.2 Å².